The fourth-order valence-corrected chi connectivity index (χ4v) is 2.69. The Labute approximate surface area is 128 Å². The van der Waals surface area contributed by atoms with Crippen LogP contribution in [0.25, 0.3) is 0 Å². The number of H-pyrrole nitrogens is 1. The second kappa shape index (κ2) is 7.38. The summed E-state index contributed by atoms with van der Waals surface area (Å²) < 4.78 is 0. The van der Waals surface area contributed by atoms with Gasteiger partial charge >= 0.3 is 0 Å². The van der Waals surface area contributed by atoms with E-state index >= 15 is 0 Å². The van der Waals surface area contributed by atoms with E-state index in [2.05, 4.69) is 21.9 Å². The highest BCUT2D eigenvalue weighted by molar-refractivity contribution is 7.99. The first-order chi connectivity index (χ1) is 10.1. The lowest BCUT2D eigenvalue weighted by Gasteiger charge is -2.08. The molecule has 2 heterocycles. The van der Waals surface area contributed by atoms with Crippen LogP contribution in [0.5, 0.6) is 0 Å². The number of nitrogens with zero attached hydrogens (tertiary/aromatic N) is 2. The van der Waals surface area contributed by atoms with Crippen molar-refractivity contribution < 1.29 is 0 Å². The maximum atomic E-state index is 11.6. The van der Waals surface area contributed by atoms with E-state index in [0.29, 0.717) is 5.16 Å². The van der Waals surface area contributed by atoms with E-state index in [9.17, 15) is 4.79 Å². The molecule has 0 unspecified atom stereocenters. The molecule has 0 fully saturated rings. The summed E-state index contributed by atoms with van der Waals surface area (Å²) in [5.74, 6) is 0. The molecule has 2 rings (SSSR count). The van der Waals surface area contributed by atoms with E-state index in [-0.39, 0.29) is 11.6 Å². The first-order valence-corrected chi connectivity index (χ1v) is 7.93. The topological polar surface area (TPSA) is 84.7 Å². The summed E-state index contributed by atoms with van der Waals surface area (Å²) in [6, 6.07) is 5.39. The van der Waals surface area contributed by atoms with E-state index in [1.807, 2.05) is 19.1 Å². The number of hydrogen-bond acceptors (Lipinski definition) is 5. The van der Waals surface area contributed by atoms with Crippen molar-refractivity contribution in [2.24, 2.45) is 5.73 Å². The van der Waals surface area contributed by atoms with Gasteiger partial charge in [0.2, 0.25) is 0 Å². The van der Waals surface area contributed by atoms with Crippen LogP contribution in [0.3, 0.4) is 0 Å². The Morgan fingerprint density at radius 1 is 1.38 bits per heavy atom. The summed E-state index contributed by atoms with van der Waals surface area (Å²) in [6.07, 6.45) is 4.39. The first kappa shape index (κ1) is 15.7. The van der Waals surface area contributed by atoms with Crippen LogP contribution in [0.1, 0.15) is 44.1 Å². The number of nitrogens with two attached hydrogens (primary N) is 1. The minimum atomic E-state index is -0.117. The van der Waals surface area contributed by atoms with Gasteiger partial charge in [-0.05, 0) is 25.0 Å². The molecular weight excluding hydrogens is 284 g/mol. The van der Waals surface area contributed by atoms with E-state index in [0.717, 1.165) is 35.5 Å². The Morgan fingerprint density at radius 3 is 2.81 bits per heavy atom. The SMILES string of the molecule is CCCc1cc(=O)[nH]c(Sc2ccc([C@@H](N)CC)nc2)n1. The predicted octanol–water partition coefficient (Wildman–Crippen LogP) is 2.68. The smallest absolute Gasteiger partial charge is 0.251 e. The molecule has 5 nitrogen and oxygen atoms in total. The lowest BCUT2D eigenvalue weighted by molar-refractivity contribution is 0.674. The zero-order chi connectivity index (χ0) is 15.2. The Balaban J connectivity index is 2.16. The molecule has 112 valence electrons. The normalized spacial score (nSPS) is 12.3. The second-order valence-corrected chi connectivity index (χ2v) is 5.89. The van der Waals surface area contributed by atoms with Crippen LogP contribution in [0.15, 0.2) is 39.2 Å². The van der Waals surface area contributed by atoms with Crippen LogP contribution in [0, 0.1) is 0 Å². The van der Waals surface area contributed by atoms with Gasteiger partial charge in [0.15, 0.2) is 5.16 Å². The number of hydrogen-bond donors (Lipinski definition) is 2. The average Bonchev–Trinajstić information content (AvgIpc) is 2.47. The summed E-state index contributed by atoms with van der Waals surface area (Å²) >= 11 is 1.40. The maximum absolute atomic E-state index is 11.6. The van der Waals surface area contributed by atoms with Gasteiger partial charge < -0.3 is 10.7 Å². The van der Waals surface area contributed by atoms with Crippen molar-refractivity contribution in [1.29, 1.82) is 0 Å². The number of aromatic amines is 1. The van der Waals surface area contributed by atoms with Crippen LogP contribution >= 0.6 is 11.8 Å². The molecule has 0 radical (unpaired) electrons. The van der Waals surface area contributed by atoms with Crippen LogP contribution in [0.2, 0.25) is 0 Å². The second-order valence-electron chi connectivity index (χ2n) is 4.83. The minimum absolute atomic E-state index is 0.0325. The summed E-state index contributed by atoms with van der Waals surface area (Å²) in [4.78, 5) is 24.1. The third-order valence-electron chi connectivity index (χ3n) is 3.07. The molecule has 3 N–H and O–H groups in total. The number of nitrogens with one attached hydrogen (secondary N) is 1. The van der Waals surface area contributed by atoms with Crippen LogP contribution in [0.4, 0.5) is 0 Å². The molecule has 0 amide bonds. The third kappa shape index (κ3) is 4.41. The Morgan fingerprint density at radius 2 is 2.19 bits per heavy atom. The fourth-order valence-electron chi connectivity index (χ4n) is 1.91. The molecular formula is C15H20N4OS. The molecule has 0 aliphatic rings. The van der Waals surface area contributed by atoms with Gasteiger partial charge in [-0.15, -0.1) is 0 Å². The molecule has 6 heteroatoms. The Bertz CT molecular complexity index is 639. The summed E-state index contributed by atoms with van der Waals surface area (Å²) in [6.45, 7) is 4.10. The van der Waals surface area contributed by atoms with Crippen molar-refractivity contribution >= 4 is 11.8 Å². The number of aromatic nitrogens is 3. The molecule has 0 spiro atoms. The van der Waals surface area contributed by atoms with Gasteiger partial charge in [-0.1, -0.05) is 32.0 Å². The minimum Gasteiger partial charge on any atom is -0.323 e. The van der Waals surface area contributed by atoms with Crippen molar-refractivity contribution in [1.82, 2.24) is 15.0 Å². The van der Waals surface area contributed by atoms with Gasteiger partial charge in [-0.3, -0.25) is 9.78 Å². The Hall–Kier alpha value is -1.66. The summed E-state index contributed by atoms with van der Waals surface area (Å²) in [5.41, 5.74) is 7.52. The summed E-state index contributed by atoms with van der Waals surface area (Å²) in [5, 5.41) is 0.597. The van der Waals surface area contributed by atoms with Crippen LogP contribution in [-0.2, 0) is 6.42 Å². The monoisotopic (exact) mass is 304 g/mol. The number of pyridine rings is 1. The van der Waals surface area contributed by atoms with Crippen molar-refractivity contribution in [2.75, 3.05) is 0 Å². The molecule has 2 aromatic heterocycles. The molecule has 0 saturated carbocycles. The standard InChI is InChI=1S/C15H20N4OS/c1-3-5-10-8-14(20)19-15(18-10)21-11-6-7-13(17-9-11)12(16)4-2/h6-9,12H,3-5,16H2,1-2H3,(H,18,19,20)/t12-/m0/s1. The molecule has 0 aliphatic heterocycles. The quantitative estimate of drug-likeness (QED) is 0.801. The number of rotatable bonds is 6. The lowest BCUT2D eigenvalue weighted by Crippen LogP contribution is -2.10. The van der Waals surface area contributed by atoms with Gasteiger partial charge in [-0.2, -0.15) is 0 Å². The van der Waals surface area contributed by atoms with E-state index in [1.54, 1.807) is 12.3 Å². The highest BCUT2D eigenvalue weighted by atomic mass is 32.2. The highest BCUT2D eigenvalue weighted by Gasteiger charge is 2.07. The van der Waals surface area contributed by atoms with Crippen molar-refractivity contribution in [3.8, 4) is 0 Å². The van der Waals surface area contributed by atoms with Gasteiger partial charge in [-0.25, -0.2) is 4.98 Å². The van der Waals surface area contributed by atoms with E-state index < -0.39 is 0 Å². The van der Waals surface area contributed by atoms with Crippen LogP contribution in [-0.4, -0.2) is 15.0 Å². The zero-order valence-electron chi connectivity index (χ0n) is 12.3. The molecule has 0 bridgehead atoms. The molecule has 0 saturated heterocycles. The molecule has 1 atom stereocenters. The highest BCUT2D eigenvalue weighted by Crippen LogP contribution is 2.24. The molecule has 0 aromatic carbocycles. The average molecular weight is 304 g/mol. The first-order valence-electron chi connectivity index (χ1n) is 7.12. The van der Waals surface area contributed by atoms with Gasteiger partial charge in [0.05, 0.1) is 5.69 Å². The zero-order valence-corrected chi connectivity index (χ0v) is 13.1. The molecule has 0 aliphatic carbocycles. The fraction of sp³-hybridized carbons (Fsp3) is 0.400. The third-order valence-corrected chi connectivity index (χ3v) is 3.94. The lowest BCUT2D eigenvalue weighted by atomic mass is 10.1. The Kier molecular flexibility index (Phi) is 5.52. The van der Waals surface area contributed by atoms with E-state index in [1.165, 1.54) is 11.8 Å². The van der Waals surface area contributed by atoms with Crippen molar-refractivity contribution in [2.45, 2.75) is 49.2 Å². The van der Waals surface area contributed by atoms with Gasteiger partial charge in [0, 0.05) is 28.9 Å². The molecule has 21 heavy (non-hydrogen) atoms. The maximum Gasteiger partial charge on any atom is 0.251 e. The van der Waals surface area contributed by atoms with Crippen molar-refractivity contribution in [3.63, 3.8) is 0 Å². The molecule has 2 aromatic rings. The predicted molar refractivity (Wildman–Crippen MR) is 84.4 cm³/mol. The van der Waals surface area contributed by atoms with E-state index in [4.69, 9.17) is 5.73 Å². The van der Waals surface area contributed by atoms with Crippen molar-refractivity contribution in [3.05, 3.63) is 46.1 Å². The van der Waals surface area contributed by atoms with Gasteiger partial charge in [0.1, 0.15) is 0 Å². The number of aryl methyl sites for hydroxylation is 1. The van der Waals surface area contributed by atoms with Gasteiger partial charge in [0.25, 0.3) is 5.56 Å². The largest absolute Gasteiger partial charge is 0.323 e. The summed E-state index contributed by atoms with van der Waals surface area (Å²) in [7, 11) is 0. The van der Waals surface area contributed by atoms with Crippen LogP contribution < -0.4 is 11.3 Å².